The topological polar surface area (TPSA) is 35.5 Å². The van der Waals surface area contributed by atoms with Crippen molar-refractivity contribution in [2.45, 2.75) is 40.7 Å². The van der Waals surface area contributed by atoms with E-state index >= 15 is 0 Å². The van der Waals surface area contributed by atoms with E-state index in [9.17, 15) is 4.79 Å². The first-order valence-corrected chi connectivity index (χ1v) is 7.00. The molecule has 1 unspecified atom stereocenters. The van der Waals surface area contributed by atoms with E-state index in [1.54, 1.807) is 18.2 Å². The van der Waals surface area contributed by atoms with Crippen LogP contribution in [0, 0.1) is 11.8 Å². The summed E-state index contributed by atoms with van der Waals surface area (Å²) in [4.78, 5) is 12.0. The first-order chi connectivity index (χ1) is 9.35. The van der Waals surface area contributed by atoms with Gasteiger partial charge in [0.1, 0.15) is 11.5 Å². The lowest BCUT2D eigenvalue weighted by Gasteiger charge is -2.16. The fourth-order valence-corrected chi connectivity index (χ4v) is 1.60. The molecule has 20 heavy (non-hydrogen) atoms. The highest BCUT2D eigenvalue weighted by Gasteiger charge is 2.19. The van der Waals surface area contributed by atoms with Gasteiger partial charge in [0.2, 0.25) is 0 Å². The van der Waals surface area contributed by atoms with Gasteiger partial charge in [-0.15, -0.1) is 0 Å². The fraction of sp³-hybridized carbons (Fsp3) is 0.471. The van der Waals surface area contributed by atoms with E-state index < -0.39 is 0 Å². The number of carbonyl (C=O) groups excluding carboxylic acids is 1. The second kappa shape index (κ2) is 7.13. The van der Waals surface area contributed by atoms with E-state index in [1.807, 2.05) is 40.7 Å². The standard InChI is InChI=1S/C17H24O3/c1-7-14-10-15(19-12(4)5)8-9-16(14)20-17(18)13(6)11(2)3/h7-13H,1H2,2-6H3. The summed E-state index contributed by atoms with van der Waals surface area (Å²) in [5.41, 5.74) is 0.757. The van der Waals surface area contributed by atoms with Crippen molar-refractivity contribution in [2.75, 3.05) is 0 Å². The summed E-state index contributed by atoms with van der Waals surface area (Å²) in [5, 5.41) is 0. The number of benzene rings is 1. The number of hydrogen-bond acceptors (Lipinski definition) is 3. The van der Waals surface area contributed by atoms with Crippen molar-refractivity contribution >= 4 is 12.0 Å². The van der Waals surface area contributed by atoms with Crippen LogP contribution in [-0.4, -0.2) is 12.1 Å². The molecule has 0 amide bonds. The van der Waals surface area contributed by atoms with Gasteiger partial charge in [-0.1, -0.05) is 33.4 Å². The van der Waals surface area contributed by atoms with Crippen LogP contribution < -0.4 is 9.47 Å². The van der Waals surface area contributed by atoms with E-state index in [2.05, 4.69) is 6.58 Å². The molecule has 1 rings (SSSR count). The van der Waals surface area contributed by atoms with Crippen LogP contribution in [0.5, 0.6) is 11.5 Å². The third-order valence-electron chi connectivity index (χ3n) is 3.16. The Hall–Kier alpha value is -1.77. The molecule has 0 aliphatic carbocycles. The van der Waals surface area contributed by atoms with E-state index in [0.29, 0.717) is 5.75 Å². The first-order valence-electron chi connectivity index (χ1n) is 7.00. The molecule has 3 heteroatoms. The van der Waals surface area contributed by atoms with Crippen LogP contribution in [0.2, 0.25) is 0 Å². The molecule has 0 spiro atoms. The van der Waals surface area contributed by atoms with E-state index in [1.165, 1.54) is 0 Å². The number of carbonyl (C=O) groups is 1. The van der Waals surface area contributed by atoms with Crippen molar-refractivity contribution in [3.63, 3.8) is 0 Å². The third-order valence-corrected chi connectivity index (χ3v) is 3.16. The van der Waals surface area contributed by atoms with Crippen LogP contribution in [0.3, 0.4) is 0 Å². The van der Waals surface area contributed by atoms with Crippen LogP contribution in [0.4, 0.5) is 0 Å². The third kappa shape index (κ3) is 4.41. The normalized spacial score (nSPS) is 12.3. The molecule has 0 fully saturated rings. The van der Waals surface area contributed by atoms with Crippen LogP contribution in [0.25, 0.3) is 6.08 Å². The second-order valence-electron chi connectivity index (χ2n) is 5.52. The summed E-state index contributed by atoms with van der Waals surface area (Å²) in [6, 6.07) is 5.38. The number of esters is 1. The smallest absolute Gasteiger partial charge is 0.314 e. The molecule has 0 aromatic heterocycles. The van der Waals surface area contributed by atoms with Crippen LogP contribution in [0.15, 0.2) is 24.8 Å². The molecular formula is C17H24O3. The van der Waals surface area contributed by atoms with Gasteiger partial charge in [-0.05, 0) is 38.0 Å². The Balaban J connectivity index is 2.90. The predicted octanol–water partition coefficient (Wildman–Crippen LogP) is 4.31. The van der Waals surface area contributed by atoms with E-state index in [0.717, 1.165) is 11.3 Å². The molecule has 0 heterocycles. The lowest BCUT2D eigenvalue weighted by Crippen LogP contribution is -2.22. The van der Waals surface area contributed by atoms with Crippen molar-refractivity contribution < 1.29 is 14.3 Å². The predicted molar refractivity (Wildman–Crippen MR) is 81.9 cm³/mol. The zero-order chi connectivity index (χ0) is 15.3. The van der Waals surface area contributed by atoms with Gasteiger partial charge in [0, 0.05) is 5.56 Å². The van der Waals surface area contributed by atoms with Crippen molar-refractivity contribution in [1.82, 2.24) is 0 Å². The molecule has 110 valence electrons. The molecule has 0 bridgehead atoms. The Bertz CT molecular complexity index is 475. The van der Waals surface area contributed by atoms with Crippen LogP contribution in [0.1, 0.15) is 40.2 Å². The molecule has 0 N–H and O–H groups in total. The zero-order valence-electron chi connectivity index (χ0n) is 13.0. The van der Waals surface area contributed by atoms with Crippen molar-refractivity contribution in [3.8, 4) is 11.5 Å². The molecule has 0 saturated carbocycles. The lowest BCUT2D eigenvalue weighted by atomic mass is 9.98. The van der Waals surface area contributed by atoms with Gasteiger partial charge in [-0.2, -0.15) is 0 Å². The molecule has 1 aromatic carbocycles. The largest absolute Gasteiger partial charge is 0.491 e. The Labute approximate surface area is 121 Å². The Morgan fingerprint density at radius 1 is 1.20 bits per heavy atom. The second-order valence-corrected chi connectivity index (χ2v) is 5.52. The van der Waals surface area contributed by atoms with Crippen molar-refractivity contribution in [2.24, 2.45) is 11.8 Å². The van der Waals surface area contributed by atoms with Crippen LogP contribution in [-0.2, 0) is 4.79 Å². The highest BCUT2D eigenvalue weighted by Crippen LogP contribution is 2.27. The summed E-state index contributed by atoms with van der Waals surface area (Å²) in [6.07, 6.45) is 1.76. The maximum atomic E-state index is 12.0. The van der Waals surface area contributed by atoms with E-state index in [4.69, 9.17) is 9.47 Å². The highest BCUT2D eigenvalue weighted by atomic mass is 16.5. The molecule has 0 aliphatic rings. The molecule has 0 aliphatic heterocycles. The Morgan fingerprint density at radius 3 is 2.35 bits per heavy atom. The number of ether oxygens (including phenoxy) is 2. The molecule has 1 aromatic rings. The summed E-state index contributed by atoms with van der Waals surface area (Å²) in [5.74, 6) is 1.15. The summed E-state index contributed by atoms with van der Waals surface area (Å²) in [6.45, 7) is 13.6. The molecule has 3 nitrogen and oxygen atoms in total. The van der Waals surface area contributed by atoms with Gasteiger partial charge in [0.25, 0.3) is 0 Å². The molecule has 0 saturated heterocycles. The molecule has 1 atom stereocenters. The van der Waals surface area contributed by atoms with Gasteiger partial charge >= 0.3 is 5.97 Å². The molecule has 0 radical (unpaired) electrons. The minimum atomic E-state index is -0.222. The maximum absolute atomic E-state index is 12.0. The van der Waals surface area contributed by atoms with Crippen LogP contribution >= 0.6 is 0 Å². The fourth-order valence-electron chi connectivity index (χ4n) is 1.60. The van der Waals surface area contributed by atoms with Gasteiger partial charge in [-0.25, -0.2) is 0 Å². The number of hydrogen-bond donors (Lipinski definition) is 0. The first kappa shape index (κ1) is 16.3. The van der Waals surface area contributed by atoms with Gasteiger partial charge in [-0.3, -0.25) is 4.79 Å². The summed E-state index contributed by atoms with van der Waals surface area (Å²) >= 11 is 0. The minimum Gasteiger partial charge on any atom is -0.491 e. The van der Waals surface area contributed by atoms with Gasteiger partial charge in [0.15, 0.2) is 0 Å². The van der Waals surface area contributed by atoms with Gasteiger partial charge in [0.05, 0.1) is 12.0 Å². The SMILES string of the molecule is C=Cc1cc(OC(C)C)ccc1OC(=O)C(C)C(C)C. The van der Waals surface area contributed by atoms with E-state index in [-0.39, 0.29) is 23.9 Å². The quantitative estimate of drug-likeness (QED) is 0.573. The lowest BCUT2D eigenvalue weighted by molar-refractivity contribution is -0.139. The zero-order valence-corrected chi connectivity index (χ0v) is 13.0. The Morgan fingerprint density at radius 2 is 1.85 bits per heavy atom. The molecular weight excluding hydrogens is 252 g/mol. The Kier molecular flexibility index (Phi) is 5.81. The maximum Gasteiger partial charge on any atom is 0.314 e. The highest BCUT2D eigenvalue weighted by molar-refractivity contribution is 5.76. The average Bonchev–Trinajstić information content (AvgIpc) is 2.38. The number of rotatable bonds is 6. The summed E-state index contributed by atoms with van der Waals surface area (Å²) < 4.78 is 11.1. The average molecular weight is 276 g/mol. The summed E-state index contributed by atoms with van der Waals surface area (Å²) in [7, 11) is 0. The van der Waals surface area contributed by atoms with Gasteiger partial charge < -0.3 is 9.47 Å². The monoisotopic (exact) mass is 276 g/mol. The van der Waals surface area contributed by atoms with Crippen molar-refractivity contribution in [1.29, 1.82) is 0 Å². The minimum absolute atomic E-state index is 0.0991. The van der Waals surface area contributed by atoms with Crippen molar-refractivity contribution in [3.05, 3.63) is 30.3 Å².